The lowest BCUT2D eigenvalue weighted by atomic mass is 10.1. The zero-order valence-corrected chi connectivity index (χ0v) is 17.3. The number of carbonyl (C=O) groups is 2. The molecule has 0 saturated carbocycles. The monoisotopic (exact) mass is 409 g/mol. The molecule has 0 aliphatic carbocycles. The zero-order valence-electron chi connectivity index (χ0n) is 17.3. The van der Waals surface area contributed by atoms with Crippen LogP contribution in [0.3, 0.4) is 0 Å². The Labute approximate surface area is 172 Å². The number of hydrogen-bond acceptors (Lipinski definition) is 7. The SMILES string of the molecule is CC(C)OCCOCCOCCOCCOCCN1C(=O)c2ccccc2C1=O. The minimum atomic E-state index is -0.265. The number of carbonyl (C=O) groups excluding carboxylic acids is 2. The number of rotatable bonds is 16. The van der Waals surface area contributed by atoms with E-state index in [1.54, 1.807) is 24.3 Å². The summed E-state index contributed by atoms with van der Waals surface area (Å²) < 4.78 is 27.0. The van der Waals surface area contributed by atoms with Gasteiger partial charge < -0.3 is 23.7 Å². The highest BCUT2D eigenvalue weighted by molar-refractivity contribution is 6.21. The maximum atomic E-state index is 12.2. The van der Waals surface area contributed by atoms with E-state index in [1.807, 2.05) is 13.8 Å². The van der Waals surface area contributed by atoms with E-state index in [9.17, 15) is 9.59 Å². The standard InChI is InChI=1S/C21H31NO7/c1-17(2)29-16-15-28-14-13-27-12-11-26-10-9-25-8-7-22-20(23)18-5-3-4-6-19(18)21(22)24/h3-6,17H,7-16H2,1-2H3. The molecule has 8 heteroatoms. The van der Waals surface area contributed by atoms with Gasteiger partial charge in [0.1, 0.15) is 0 Å². The van der Waals surface area contributed by atoms with Crippen molar-refractivity contribution >= 4 is 11.8 Å². The molecule has 1 aromatic rings. The summed E-state index contributed by atoms with van der Waals surface area (Å²) in [6.45, 7) is 8.47. The van der Waals surface area contributed by atoms with Gasteiger partial charge in [-0.2, -0.15) is 0 Å². The Balaban J connectivity index is 1.38. The maximum Gasteiger partial charge on any atom is 0.261 e. The van der Waals surface area contributed by atoms with E-state index in [1.165, 1.54) is 4.90 Å². The molecule has 0 saturated heterocycles. The van der Waals surface area contributed by atoms with Crippen molar-refractivity contribution in [3.8, 4) is 0 Å². The van der Waals surface area contributed by atoms with Crippen LogP contribution in [-0.4, -0.2) is 88.8 Å². The van der Waals surface area contributed by atoms with Crippen molar-refractivity contribution in [1.82, 2.24) is 4.90 Å². The number of imide groups is 1. The number of fused-ring (bicyclic) bond motifs is 1. The van der Waals surface area contributed by atoms with Crippen molar-refractivity contribution in [3.05, 3.63) is 35.4 Å². The summed E-state index contributed by atoms with van der Waals surface area (Å²) in [5.74, 6) is -0.530. The summed E-state index contributed by atoms with van der Waals surface area (Å²) in [5, 5.41) is 0. The van der Waals surface area contributed by atoms with Gasteiger partial charge >= 0.3 is 0 Å². The van der Waals surface area contributed by atoms with Crippen molar-refractivity contribution in [2.45, 2.75) is 20.0 Å². The van der Waals surface area contributed by atoms with Gasteiger partial charge in [-0.25, -0.2) is 0 Å². The Morgan fingerprint density at radius 2 is 1.10 bits per heavy atom. The first kappa shape index (κ1) is 23.4. The smallest absolute Gasteiger partial charge is 0.261 e. The predicted octanol–water partition coefficient (Wildman–Crippen LogP) is 1.77. The predicted molar refractivity (Wildman–Crippen MR) is 106 cm³/mol. The molecule has 2 rings (SSSR count). The fourth-order valence-electron chi connectivity index (χ4n) is 2.70. The third-order valence-corrected chi connectivity index (χ3v) is 4.13. The molecule has 0 atom stereocenters. The van der Waals surface area contributed by atoms with Crippen molar-refractivity contribution < 1.29 is 33.3 Å². The second-order valence-electron chi connectivity index (χ2n) is 6.68. The molecule has 1 aliphatic heterocycles. The van der Waals surface area contributed by atoms with Crippen molar-refractivity contribution in [1.29, 1.82) is 0 Å². The van der Waals surface area contributed by atoms with E-state index >= 15 is 0 Å². The van der Waals surface area contributed by atoms with E-state index in [2.05, 4.69) is 0 Å². The van der Waals surface area contributed by atoms with Crippen molar-refractivity contribution in [2.75, 3.05) is 66.0 Å². The molecule has 0 N–H and O–H groups in total. The van der Waals surface area contributed by atoms with Crippen molar-refractivity contribution in [3.63, 3.8) is 0 Å². The van der Waals surface area contributed by atoms with Gasteiger partial charge in [-0.1, -0.05) is 12.1 Å². The van der Waals surface area contributed by atoms with Crippen LogP contribution in [0.5, 0.6) is 0 Å². The molecule has 0 radical (unpaired) electrons. The van der Waals surface area contributed by atoms with Gasteiger partial charge in [0.05, 0.1) is 83.2 Å². The molecule has 2 amide bonds. The first-order valence-electron chi connectivity index (χ1n) is 9.99. The minimum Gasteiger partial charge on any atom is -0.377 e. The number of amides is 2. The van der Waals surface area contributed by atoms with Gasteiger partial charge in [0.25, 0.3) is 11.8 Å². The number of hydrogen-bond donors (Lipinski definition) is 0. The summed E-state index contributed by atoms with van der Waals surface area (Å²) in [4.78, 5) is 25.6. The second-order valence-corrected chi connectivity index (χ2v) is 6.68. The van der Waals surface area contributed by atoms with E-state index in [4.69, 9.17) is 23.7 Å². The second kappa shape index (κ2) is 13.4. The third kappa shape index (κ3) is 8.20. The van der Waals surface area contributed by atoms with Crippen LogP contribution < -0.4 is 0 Å². The molecule has 1 heterocycles. The highest BCUT2D eigenvalue weighted by Crippen LogP contribution is 2.21. The lowest BCUT2D eigenvalue weighted by molar-refractivity contribution is -0.0180. The molecule has 0 aromatic heterocycles. The molecule has 0 fully saturated rings. The molecular weight excluding hydrogens is 378 g/mol. The highest BCUT2D eigenvalue weighted by atomic mass is 16.6. The van der Waals surface area contributed by atoms with Gasteiger partial charge in [0, 0.05) is 0 Å². The Hall–Kier alpha value is -1.84. The largest absolute Gasteiger partial charge is 0.377 e. The van der Waals surface area contributed by atoms with Gasteiger partial charge in [0.2, 0.25) is 0 Å². The molecule has 1 aliphatic rings. The lowest BCUT2D eigenvalue weighted by Crippen LogP contribution is -2.33. The first-order chi connectivity index (χ1) is 14.1. The van der Waals surface area contributed by atoms with Crippen molar-refractivity contribution in [2.24, 2.45) is 0 Å². The number of benzene rings is 1. The van der Waals surface area contributed by atoms with Gasteiger partial charge in [0.15, 0.2) is 0 Å². The molecule has 1 aromatic carbocycles. The molecule has 8 nitrogen and oxygen atoms in total. The van der Waals surface area contributed by atoms with Gasteiger partial charge in [-0.15, -0.1) is 0 Å². The van der Waals surface area contributed by atoms with Gasteiger partial charge in [-0.05, 0) is 26.0 Å². The molecule has 0 bridgehead atoms. The van der Waals surface area contributed by atoms with E-state index in [0.717, 1.165) is 0 Å². The average Bonchev–Trinajstić information content (AvgIpc) is 2.95. The first-order valence-corrected chi connectivity index (χ1v) is 9.99. The summed E-state index contributed by atoms with van der Waals surface area (Å²) in [7, 11) is 0. The van der Waals surface area contributed by atoms with Crippen LogP contribution in [0.4, 0.5) is 0 Å². The van der Waals surface area contributed by atoms with Crippen LogP contribution in [0.15, 0.2) is 24.3 Å². The maximum absolute atomic E-state index is 12.2. The van der Waals surface area contributed by atoms with E-state index in [0.29, 0.717) is 64.0 Å². The Morgan fingerprint density at radius 3 is 1.55 bits per heavy atom. The fourth-order valence-corrected chi connectivity index (χ4v) is 2.70. The normalized spacial score (nSPS) is 13.6. The molecule has 0 unspecified atom stereocenters. The lowest BCUT2D eigenvalue weighted by Gasteiger charge is -2.13. The molecule has 29 heavy (non-hydrogen) atoms. The highest BCUT2D eigenvalue weighted by Gasteiger charge is 2.34. The Bertz CT molecular complexity index is 600. The summed E-state index contributed by atoms with van der Waals surface area (Å²) in [6, 6.07) is 6.83. The fraction of sp³-hybridized carbons (Fsp3) is 0.619. The quantitative estimate of drug-likeness (QED) is 0.304. The van der Waals surface area contributed by atoms with E-state index < -0.39 is 0 Å². The molecule has 0 spiro atoms. The zero-order chi connectivity index (χ0) is 20.9. The van der Waals surface area contributed by atoms with Crippen LogP contribution in [0, 0.1) is 0 Å². The third-order valence-electron chi connectivity index (χ3n) is 4.13. The Morgan fingerprint density at radius 1 is 0.690 bits per heavy atom. The topological polar surface area (TPSA) is 83.5 Å². The van der Waals surface area contributed by atoms with Gasteiger partial charge in [-0.3, -0.25) is 14.5 Å². The summed E-state index contributed by atoms with van der Waals surface area (Å²) >= 11 is 0. The van der Waals surface area contributed by atoms with Crippen LogP contribution in [0.2, 0.25) is 0 Å². The summed E-state index contributed by atoms with van der Waals surface area (Å²) in [5.41, 5.74) is 0.908. The average molecular weight is 409 g/mol. The van der Waals surface area contributed by atoms with Crippen LogP contribution in [-0.2, 0) is 23.7 Å². The Kier molecular flexibility index (Phi) is 10.8. The molecule has 162 valence electrons. The van der Waals surface area contributed by atoms with E-state index in [-0.39, 0.29) is 31.1 Å². The van der Waals surface area contributed by atoms with Crippen LogP contribution in [0.1, 0.15) is 34.6 Å². The molecular formula is C21H31NO7. The summed E-state index contributed by atoms with van der Waals surface area (Å²) in [6.07, 6.45) is 0.221. The minimum absolute atomic E-state index is 0.221. The van der Waals surface area contributed by atoms with Crippen LogP contribution >= 0.6 is 0 Å². The van der Waals surface area contributed by atoms with Crippen LogP contribution in [0.25, 0.3) is 0 Å². The number of nitrogens with zero attached hydrogens (tertiary/aromatic N) is 1. The number of ether oxygens (including phenoxy) is 5.